The molecular weight excluding hydrogens is 262 g/mol. The lowest BCUT2D eigenvalue weighted by atomic mass is 10.1. The third-order valence-corrected chi connectivity index (χ3v) is 3.43. The van der Waals surface area contributed by atoms with Crippen LogP contribution in [0.3, 0.4) is 0 Å². The van der Waals surface area contributed by atoms with Gasteiger partial charge in [-0.15, -0.1) is 0 Å². The molecule has 0 unspecified atom stereocenters. The van der Waals surface area contributed by atoms with E-state index in [2.05, 4.69) is 58.7 Å². The summed E-state index contributed by atoms with van der Waals surface area (Å²) in [6.07, 6.45) is 5.56. The highest BCUT2D eigenvalue weighted by molar-refractivity contribution is 5.64. The number of nitrogens with one attached hydrogen (secondary N) is 2. The standard InChI is InChI=1S/C16H19N5/c1-12(2)21-16(7-8-20-21)11-17-15-5-3-13(4-6-15)14-9-18-19-10-14/h3-10,12,17H,11H2,1-2H3,(H,18,19). The van der Waals surface area contributed by atoms with Crippen molar-refractivity contribution in [3.05, 3.63) is 54.6 Å². The lowest BCUT2D eigenvalue weighted by Gasteiger charge is -2.12. The van der Waals surface area contributed by atoms with Crippen molar-refractivity contribution in [2.75, 3.05) is 5.32 Å². The maximum atomic E-state index is 4.34. The fraction of sp³-hybridized carbons (Fsp3) is 0.250. The molecule has 0 aliphatic carbocycles. The molecule has 5 heteroatoms. The van der Waals surface area contributed by atoms with E-state index in [4.69, 9.17) is 0 Å². The van der Waals surface area contributed by atoms with Gasteiger partial charge in [0, 0.05) is 29.7 Å². The third kappa shape index (κ3) is 2.97. The Bertz CT molecular complexity index is 680. The molecule has 0 aliphatic heterocycles. The van der Waals surface area contributed by atoms with Crippen LogP contribution >= 0.6 is 0 Å². The van der Waals surface area contributed by atoms with E-state index in [1.165, 1.54) is 5.69 Å². The molecule has 0 saturated carbocycles. The van der Waals surface area contributed by atoms with E-state index in [0.717, 1.165) is 23.4 Å². The van der Waals surface area contributed by atoms with Crippen LogP contribution in [0.15, 0.2) is 48.9 Å². The summed E-state index contributed by atoms with van der Waals surface area (Å²) >= 11 is 0. The molecule has 21 heavy (non-hydrogen) atoms. The Kier molecular flexibility index (Phi) is 3.73. The summed E-state index contributed by atoms with van der Waals surface area (Å²) in [5.41, 5.74) is 4.53. The maximum Gasteiger partial charge on any atom is 0.0578 e. The zero-order valence-electron chi connectivity index (χ0n) is 12.2. The average Bonchev–Trinajstić information content (AvgIpc) is 3.17. The lowest BCUT2D eigenvalue weighted by Crippen LogP contribution is -2.10. The Morgan fingerprint density at radius 3 is 2.62 bits per heavy atom. The summed E-state index contributed by atoms with van der Waals surface area (Å²) in [6.45, 7) is 5.04. The van der Waals surface area contributed by atoms with E-state index in [9.17, 15) is 0 Å². The summed E-state index contributed by atoms with van der Waals surface area (Å²) < 4.78 is 2.03. The van der Waals surface area contributed by atoms with Crippen LogP contribution in [0.25, 0.3) is 11.1 Å². The second kappa shape index (κ2) is 5.83. The molecule has 2 N–H and O–H groups in total. The first-order valence-electron chi connectivity index (χ1n) is 7.09. The molecule has 0 atom stereocenters. The summed E-state index contributed by atoms with van der Waals surface area (Å²) in [5, 5.41) is 14.6. The highest BCUT2D eigenvalue weighted by Gasteiger charge is 2.05. The maximum absolute atomic E-state index is 4.34. The van der Waals surface area contributed by atoms with Gasteiger partial charge in [0.05, 0.1) is 18.4 Å². The topological polar surface area (TPSA) is 58.5 Å². The van der Waals surface area contributed by atoms with Crippen LogP contribution in [0, 0.1) is 0 Å². The Morgan fingerprint density at radius 1 is 1.14 bits per heavy atom. The van der Waals surface area contributed by atoms with Crippen LogP contribution in [0.2, 0.25) is 0 Å². The van der Waals surface area contributed by atoms with E-state index < -0.39 is 0 Å². The number of benzene rings is 1. The molecule has 2 heterocycles. The summed E-state index contributed by atoms with van der Waals surface area (Å²) in [5.74, 6) is 0. The van der Waals surface area contributed by atoms with Crippen LogP contribution < -0.4 is 5.32 Å². The Balaban J connectivity index is 1.67. The summed E-state index contributed by atoms with van der Waals surface area (Å²) in [6, 6.07) is 10.8. The van der Waals surface area contributed by atoms with Gasteiger partial charge < -0.3 is 5.32 Å². The van der Waals surface area contributed by atoms with Crippen LogP contribution in [0.5, 0.6) is 0 Å². The van der Waals surface area contributed by atoms with E-state index in [0.29, 0.717) is 6.04 Å². The lowest BCUT2D eigenvalue weighted by molar-refractivity contribution is 0.512. The minimum atomic E-state index is 0.375. The third-order valence-electron chi connectivity index (χ3n) is 3.43. The van der Waals surface area contributed by atoms with Gasteiger partial charge in [0.2, 0.25) is 0 Å². The van der Waals surface area contributed by atoms with Gasteiger partial charge in [0.25, 0.3) is 0 Å². The molecule has 3 aromatic rings. The first-order valence-corrected chi connectivity index (χ1v) is 7.09. The van der Waals surface area contributed by atoms with Crippen molar-refractivity contribution in [1.82, 2.24) is 20.0 Å². The quantitative estimate of drug-likeness (QED) is 0.753. The van der Waals surface area contributed by atoms with Gasteiger partial charge in [-0.1, -0.05) is 12.1 Å². The summed E-state index contributed by atoms with van der Waals surface area (Å²) in [7, 11) is 0. The Morgan fingerprint density at radius 2 is 1.95 bits per heavy atom. The number of rotatable bonds is 5. The molecule has 0 aliphatic rings. The molecule has 0 amide bonds. The molecule has 0 fully saturated rings. The van der Waals surface area contributed by atoms with Gasteiger partial charge >= 0.3 is 0 Å². The molecule has 0 spiro atoms. The van der Waals surface area contributed by atoms with Gasteiger partial charge in [-0.25, -0.2) is 0 Å². The van der Waals surface area contributed by atoms with E-state index in [1.807, 2.05) is 29.3 Å². The number of anilines is 1. The van der Waals surface area contributed by atoms with Crippen molar-refractivity contribution in [3.8, 4) is 11.1 Å². The fourth-order valence-corrected chi connectivity index (χ4v) is 2.33. The average molecular weight is 281 g/mol. The molecule has 0 radical (unpaired) electrons. The number of aromatic nitrogens is 4. The van der Waals surface area contributed by atoms with Crippen LogP contribution in [-0.2, 0) is 6.54 Å². The molecule has 5 nitrogen and oxygen atoms in total. The summed E-state index contributed by atoms with van der Waals surface area (Å²) in [4.78, 5) is 0. The van der Waals surface area contributed by atoms with E-state index in [1.54, 1.807) is 0 Å². The minimum absolute atomic E-state index is 0.375. The molecule has 1 aromatic carbocycles. The number of nitrogens with zero attached hydrogens (tertiary/aromatic N) is 3. The van der Waals surface area contributed by atoms with Gasteiger partial charge in [0.1, 0.15) is 0 Å². The van der Waals surface area contributed by atoms with Crippen LogP contribution in [0.4, 0.5) is 5.69 Å². The highest BCUT2D eigenvalue weighted by atomic mass is 15.3. The Labute approximate surface area is 124 Å². The Hall–Kier alpha value is -2.56. The van der Waals surface area contributed by atoms with Crippen LogP contribution in [0.1, 0.15) is 25.6 Å². The van der Waals surface area contributed by atoms with Gasteiger partial charge in [0.15, 0.2) is 0 Å². The number of hydrogen-bond donors (Lipinski definition) is 2. The second-order valence-electron chi connectivity index (χ2n) is 5.28. The number of H-pyrrole nitrogens is 1. The van der Waals surface area contributed by atoms with Gasteiger partial charge in [-0.2, -0.15) is 10.2 Å². The zero-order chi connectivity index (χ0) is 14.7. The molecule has 0 saturated heterocycles. The van der Waals surface area contributed by atoms with Crippen molar-refractivity contribution in [2.45, 2.75) is 26.4 Å². The van der Waals surface area contributed by atoms with Gasteiger partial charge in [-0.3, -0.25) is 9.78 Å². The number of hydrogen-bond acceptors (Lipinski definition) is 3. The minimum Gasteiger partial charge on any atom is -0.379 e. The second-order valence-corrected chi connectivity index (χ2v) is 5.28. The fourth-order valence-electron chi connectivity index (χ4n) is 2.33. The first-order chi connectivity index (χ1) is 10.2. The monoisotopic (exact) mass is 281 g/mol. The zero-order valence-corrected chi connectivity index (χ0v) is 12.2. The molecule has 2 aromatic heterocycles. The molecule has 108 valence electrons. The van der Waals surface area contributed by atoms with Crippen molar-refractivity contribution < 1.29 is 0 Å². The van der Waals surface area contributed by atoms with Crippen molar-refractivity contribution in [3.63, 3.8) is 0 Å². The SMILES string of the molecule is CC(C)n1nccc1CNc1ccc(-c2cn[nH]c2)cc1. The number of aromatic amines is 1. The molecular formula is C16H19N5. The van der Waals surface area contributed by atoms with Crippen molar-refractivity contribution in [2.24, 2.45) is 0 Å². The predicted octanol–water partition coefficient (Wildman–Crippen LogP) is 3.47. The smallest absolute Gasteiger partial charge is 0.0578 e. The molecule has 0 bridgehead atoms. The van der Waals surface area contributed by atoms with Crippen molar-refractivity contribution in [1.29, 1.82) is 0 Å². The molecule has 3 rings (SSSR count). The largest absolute Gasteiger partial charge is 0.379 e. The van der Waals surface area contributed by atoms with Gasteiger partial charge in [-0.05, 0) is 37.6 Å². The van der Waals surface area contributed by atoms with Crippen LogP contribution in [-0.4, -0.2) is 20.0 Å². The highest BCUT2D eigenvalue weighted by Crippen LogP contribution is 2.20. The van der Waals surface area contributed by atoms with E-state index >= 15 is 0 Å². The predicted molar refractivity (Wildman–Crippen MR) is 84.0 cm³/mol. The normalized spacial score (nSPS) is 11.0. The van der Waals surface area contributed by atoms with E-state index in [-0.39, 0.29) is 0 Å². The van der Waals surface area contributed by atoms with Crippen molar-refractivity contribution >= 4 is 5.69 Å². The first kappa shape index (κ1) is 13.4.